The molecule has 0 radical (unpaired) electrons. The Kier molecular flexibility index (Phi) is 6.98. The van der Waals surface area contributed by atoms with Crippen LogP contribution in [0.25, 0.3) is 44.2 Å². The number of furan rings is 1. The molecule has 1 aromatic heterocycles. The van der Waals surface area contributed by atoms with Crippen molar-refractivity contribution in [2.75, 3.05) is 5.32 Å². The number of anilines is 2. The predicted octanol–water partition coefficient (Wildman–Crippen LogP) is 9.54. The van der Waals surface area contributed by atoms with Gasteiger partial charge in [-0.3, -0.25) is 5.84 Å². The number of hydrogen-bond donors (Lipinski definition) is 2. The van der Waals surface area contributed by atoms with Crippen LogP contribution in [-0.2, 0) is 13.1 Å². The summed E-state index contributed by atoms with van der Waals surface area (Å²) in [5.41, 5.74) is 10.6. The number of rotatable bonds is 8. The second-order valence-electron chi connectivity index (χ2n) is 10.6. The number of fused-ring (bicyclic) bond motifs is 3. The molecule has 0 saturated carbocycles. The zero-order valence-electron chi connectivity index (χ0n) is 23.2. The Morgan fingerprint density at radius 3 is 1.86 bits per heavy atom. The van der Waals surface area contributed by atoms with Gasteiger partial charge >= 0.3 is 0 Å². The molecule has 0 amide bonds. The monoisotopic (exact) mass is 545 g/mol. The van der Waals surface area contributed by atoms with Crippen LogP contribution in [0.1, 0.15) is 11.1 Å². The summed E-state index contributed by atoms with van der Waals surface area (Å²) in [5.74, 6) is 6.34. The fourth-order valence-electron chi connectivity index (χ4n) is 5.57. The predicted molar refractivity (Wildman–Crippen MR) is 174 cm³/mol. The smallest absolute Gasteiger partial charge is 0.159 e. The molecular weight excluding hydrogens is 514 g/mol. The molecule has 1 heterocycles. The number of para-hydroxylation sites is 1. The van der Waals surface area contributed by atoms with Gasteiger partial charge in [0.15, 0.2) is 5.58 Å². The summed E-state index contributed by atoms with van der Waals surface area (Å²) in [6.07, 6.45) is 0. The SMILES string of the molecule is NN(Cc1ccccc1)Cc1ccc(Nc2c(-c3ccc(-c4ccccc4)cc3)ccc3c2oc2ccccc23)cc1. The number of hydrogen-bond acceptors (Lipinski definition) is 4. The van der Waals surface area contributed by atoms with E-state index in [1.165, 1.54) is 16.7 Å². The van der Waals surface area contributed by atoms with E-state index in [9.17, 15) is 0 Å². The van der Waals surface area contributed by atoms with E-state index < -0.39 is 0 Å². The van der Waals surface area contributed by atoms with E-state index in [4.69, 9.17) is 10.3 Å². The van der Waals surface area contributed by atoms with E-state index in [1.807, 2.05) is 41.4 Å². The van der Waals surface area contributed by atoms with Crippen molar-refractivity contribution in [1.29, 1.82) is 0 Å². The molecule has 7 rings (SSSR count). The van der Waals surface area contributed by atoms with Crippen molar-refractivity contribution in [1.82, 2.24) is 5.01 Å². The van der Waals surface area contributed by atoms with Gasteiger partial charge in [0, 0.05) is 35.1 Å². The molecule has 204 valence electrons. The molecule has 0 fully saturated rings. The van der Waals surface area contributed by atoms with Crippen LogP contribution >= 0.6 is 0 Å². The van der Waals surface area contributed by atoms with Gasteiger partial charge in [-0.05, 0) is 52.1 Å². The second kappa shape index (κ2) is 11.4. The van der Waals surface area contributed by atoms with Crippen molar-refractivity contribution in [3.05, 3.63) is 157 Å². The van der Waals surface area contributed by atoms with Crippen molar-refractivity contribution >= 4 is 33.3 Å². The Labute approximate surface area is 245 Å². The summed E-state index contributed by atoms with van der Waals surface area (Å²) in [6, 6.07) is 50.5. The van der Waals surface area contributed by atoms with Crippen LogP contribution in [0.2, 0.25) is 0 Å². The number of nitrogens with zero attached hydrogens (tertiary/aromatic N) is 1. The lowest BCUT2D eigenvalue weighted by Gasteiger charge is -2.17. The van der Waals surface area contributed by atoms with Crippen LogP contribution in [0.15, 0.2) is 150 Å². The highest BCUT2D eigenvalue weighted by Gasteiger charge is 2.16. The van der Waals surface area contributed by atoms with Crippen molar-refractivity contribution in [2.45, 2.75) is 13.1 Å². The van der Waals surface area contributed by atoms with Gasteiger partial charge in [0.25, 0.3) is 0 Å². The number of nitrogens with one attached hydrogen (secondary N) is 1. The van der Waals surface area contributed by atoms with Crippen LogP contribution in [0, 0.1) is 0 Å². The standard InChI is InChI=1S/C38H31N3O/c39-41(25-27-9-3-1-4-10-27)26-28-15-21-32(22-16-28)40-37-33(23-24-35-34-13-7-8-14-36(34)42-38(35)37)31-19-17-30(18-20-31)29-11-5-2-6-12-29/h1-24,40H,25-26,39H2. The highest BCUT2D eigenvalue weighted by Crippen LogP contribution is 2.41. The Bertz CT molecular complexity index is 1940. The lowest BCUT2D eigenvalue weighted by molar-refractivity contribution is 0.266. The first-order valence-corrected chi connectivity index (χ1v) is 14.2. The Morgan fingerprint density at radius 1 is 0.524 bits per heavy atom. The molecule has 0 aliphatic rings. The van der Waals surface area contributed by atoms with E-state index in [-0.39, 0.29) is 0 Å². The van der Waals surface area contributed by atoms with Gasteiger partial charge in [-0.25, -0.2) is 5.01 Å². The van der Waals surface area contributed by atoms with Crippen molar-refractivity contribution in [3.8, 4) is 22.3 Å². The zero-order chi connectivity index (χ0) is 28.3. The molecule has 3 N–H and O–H groups in total. The number of nitrogens with two attached hydrogens (primary N) is 1. The van der Waals surface area contributed by atoms with Crippen LogP contribution in [-0.4, -0.2) is 5.01 Å². The van der Waals surface area contributed by atoms with Gasteiger partial charge in [0.2, 0.25) is 0 Å². The van der Waals surface area contributed by atoms with E-state index in [1.54, 1.807) is 0 Å². The Morgan fingerprint density at radius 2 is 1.12 bits per heavy atom. The molecule has 0 aliphatic carbocycles. The maximum atomic E-state index is 6.46. The van der Waals surface area contributed by atoms with Crippen molar-refractivity contribution < 1.29 is 4.42 Å². The average Bonchev–Trinajstić information content (AvgIpc) is 3.42. The third kappa shape index (κ3) is 5.29. The van der Waals surface area contributed by atoms with Gasteiger partial charge in [0.1, 0.15) is 5.58 Å². The Hall–Kier alpha value is -5.16. The van der Waals surface area contributed by atoms with Gasteiger partial charge in [0.05, 0.1) is 5.69 Å². The molecule has 4 nitrogen and oxygen atoms in total. The minimum Gasteiger partial charge on any atom is -0.454 e. The van der Waals surface area contributed by atoms with Crippen LogP contribution in [0.5, 0.6) is 0 Å². The highest BCUT2D eigenvalue weighted by atomic mass is 16.3. The van der Waals surface area contributed by atoms with Crippen molar-refractivity contribution in [3.63, 3.8) is 0 Å². The molecule has 4 heteroatoms. The minimum absolute atomic E-state index is 0.660. The summed E-state index contributed by atoms with van der Waals surface area (Å²) in [5, 5.41) is 7.74. The summed E-state index contributed by atoms with van der Waals surface area (Å²) >= 11 is 0. The second-order valence-corrected chi connectivity index (χ2v) is 10.6. The summed E-state index contributed by atoms with van der Waals surface area (Å²) < 4.78 is 6.46. The molecule has 0 bridgehead atoms. The normalized spacial score (nSPS) is 11.4. The molecule has 0 aliphatic heterocycles. The molecule has 6 aromatic carbocycles. The maximum absolute atomic E-state index is 6.46. The summed E-state index contributed by atoms with van der Waals surface area (Å²) in [4.78, 5) is 0. The third-order valence-electron chi connectivity index (χ3n) is 7.69. The lowest BCUT2D eigenvalue weighted by atomic mass is 9.97. The number of hydrazine groups is 1. The largest absolute Gasteiger partial charge is 0.454 e. The first kappa shape index (κ1) is 25.8. The van der Waals surface area contributed by atoms with Crippen LogP contribution < -0.4 is 11.2 Å². The van der Waals surface area contributed by atoms with Gasteiger partial charge in [-0.2, -0.15) is 0 Å². The zero-order valence-corrected chi connectivity index (χ0v) is 23.2. The molecule has 42 heavy (non-hydrogen) atoms. The van der Waals surface area contributed by atoms with E-state index in [0.29, 0.717) is 13.1 Å². The van der Waals surface area contributed by atoms with E-state index in [2.05, 4.69) is 115 Å². The Balaban J connectivity index is 1.21. The molecule has 0 saturated heterocycles. The van der Waals surface area contributed by atoms with E-state index >= 15 is 0 Å². The molecule has 0 spiro atoms. The highest BCUT2D eigenvalue weighted by molar-refractivity contribution is 6.12. The first-order valence-electron chi connectivity index (χ1n) is 14.2. The van der Waals surface area contributed by atoms with Crippen LogP contribution in [0.4, 0.5) is 11.4 Å². The molecule has 0 unspecified atom stereocenters. The third-order valence-corrected chi connectivity index (χ3v) is 7.69. The average molecular weight is 546 g/mol. The van der Waals surface area contributed by atoms with E-state index in [0.717, 1.165) is 50.0 Å². The van der Waals surface area contributed by atoms with Crippen molar-refractivity contribution in [2.24, 2.45) is 5.84 Å². The van der Waals surface area contributed by atoms with Gasteiger partial charge < -0.3 is 9.73 Å². The van der Waals surface area contributed by atoms with Crippen LogP contribution in [0.3, 0.4) is 0 Å². The number of benzene rings is 6. The molecular formula is C38H31N3O. The minimum atomic E-state index is 0.660. The van der Waals surface area contributed by atoms with Gasteiger partial charge in [-0.1, -0.05) is 121 Å². The summed E-state index contributed by atoms with van der Waals surface area (Å²) in [6.45, 7) is 1.36. The topological polar surface area (TPSA) is 54.4 Å². The quantitative estimate of drug-likeness (QED) is 0.147. The molecule has 7 aromatic rings. The maximum Gasteiger partial charge on any atom is 0.159 e. The summed E-state index contributed by atoms with van der Waals surface area (Å²) in [7, 11) is 0. The first-order chi connectivity index (χ1) is 20.7. The van der Waals surface area contributed by atoms with Gasteiger partial charge in [-0.15, -0.1) is 0 Å². The molecule has 0 atom stereocenters. The fourth-order valence-corrected chi connectivity index (χ4v) is 5.57. The fraction of sp³-hybridized carbons (Fsp3) is 0.0526. The lowest BCUT2D eigenvalue weighted by Crippen LogP contribution is -2.29.